The Bertz CT molecular complexity index is 1290. The number of thiazole rings is 1. The maximum absolute atomic E-state index is 13.1. The third-order valence-corrected chi connectivity index (χ3v) is 7.42. The number of halogens is 1. The molecule has 0 saturated carbocycles. The number of nitrogens with zero attached hydrogens (tertiary/aromatic N) is 4. The summed E-state index contributed by atoms with van der Waals surface area (Å²) in [7, 11) is 0. The zero-order valence-corrected chi connectivity index (χ0v) is 21.7. The number of aromatic nitrogens is 3. The first-order valence-electron chi connectivity index (χ1n) is 11.9. The summed E-state index contributed by atoms with van der Waals surface area (Å²) in [4.78, 5) is 40.7. The summed E-state index contributed by atoms with van der Waals surface area (Å²) in [6.45, 7) is 5.58. The molecule has 2 N–H and O–H groups in total. The number of anilines is 1. The zero-order chi connectivity index (χ0) is 25.2. The number of nitrogens with one attached hydrogen (secondary N) is 2. The molecular weight excluding hydrogens is 500 g/mol. The molecule has 11 heteroatoms. The lowest BCUT2D eigenvalue weighted by Crippen LogP contribution is -2.38. The van der Waals surface area contributed by atoms with Gasteiger partial charge in [-0.3, -0.25) is 9.59 Å². The molecule has 9 nitrogen and oxygen atoms in total. The van der Waals surface area contributed by atoms with Gasteiger partial charge in [-0.25, -0.2) is 15.0 Å². The molecule has 0 spiro atoms. The van der Waals surface area contributed by atoms with Crippen molar-refractivity contribution in [2.75, 3.05) is 25.1 Å². The molecule has 1 fully saturated rings. The lowest BCUT2D eigenvalue weighted by atomic mass is 10.0. The van der Waals surface area contributed by atoms with Gasteiger partial charge in [-0.2, -0.15) is 0 Å². The molecule has 188 valence electrons. The summed E-state index contributed by atoms with van der Waals surface area (Å²) < 4.78 is 5.41. The Morgan fingerprint density at radius 2 is 2.11 bits per heavy atom. The van der Waals surface area contributed by atoms with Gasteiger partial charge < -0.3 is 20.3 Å². The molecule has 2 aliphatic heterocycles. The molecule has 0 radical (unpaired) electrons. The smallest absolute Gasteiger partial charge is 0.254 e. The third-order valence-electron chi connectivity index (χ3n) is 6.35. The average molecular weight is 527 g/mol. The van der Waals surface area contributed by atoms with Crippen LogP contribution in [-0.4, -0.2) is 57.5 Å². The van der Waals surface area contributed by atoms with E-state index in [0.29, 0.717) is 42.0 Å². The maximum Gasteiger partial charge on any atom is 0.254 e. The van der Waals surface area contributed by atoms with Crippen LogP contribution in [0.1, 0.15) is 52.4 Å². The van der Waals surface area contributed by atoms with E-state index in [9.17, 15) is 9.59 Å². The molecule has 0 bridgehead atoms. The van der Waals surface area contributed by atoms with Crippen LogP contribution >= 0.6 is 22.9 Å². The quantitative estimate of drug-likeness (QED) is 0.479. The monoisotopic (exact) mass is 526 g/mol. The Labute approximate surface area is 218 Å². The molecule has 3 aromatic rings. The van der Waals surface area contributed by atoms with Crippen molar-refractivity contribution in [2.45, 2.75) is 45.3 Å². The minimum absolute atomic E-state index is 0.0241. The summed E-state index contributed by atoms with van der Waals surface area (Å²) in [5, 5.41) is 9.56. The first-order chi connectivity index (χ1) is 17.4. The Balaban J connectivity index is 1.27. The largest absolute Gasteiger partial charge is 0.381 e. The van der Waals surface area contributed by atoms with E-state index in [1.54, 1.807) is 28.5 Å². The molecule has 5 rings (SSSR count). The van der Waals surface area contributed by atoms with Crippen molar-refractivity contribution in [3.8, 4) is 11.3 Å². The van der Waals surface area contributed by atoms with Crippen LogP contribution in [0.5, 0.6) is 0 Å². The molecule has 1 atom stereocenters. The number of carbonyl (C=O) groups is 2. The summed E-state index contributed by atoms with van der Waals surface area (Å²) in [6, 6.07) is 5.61. The molecule has 2 aromatic heterocycles. The predicted octanol–water partition coefficient (Wildman–Crippen LogP) is 3.99. The van der Waals surface area contributed by atoms with Crippen LogP contribution < -0.4 is 10.6 Å². The van der Waals surface area contributed by atoms with Crippen molar-refractivity contribution >= 4 is 40.7 Å². The number of aryl methyl sites for hydroxylation is 1. The van der Waals surface area contributed by atoms with Gasteiger partial charge in [-0.15, -0.1) is 11.3 Å². The van der Waals surface area contributed by atoms with Gasteiger partial charge in [0.2, 0.25) is 11.9 Å². The Hall–Kier alpha value is -3.08. The lowest BCUT2D eigenvalue weighted by molar-refractivity contribution is -0.122. The van der Waals surface area contributed by atoms with Crippen molar-refractivity contribution in [3.05, 3.63) is 56.6 Å². The minimum Gasteiger partial charge on any atom is -0.381 e. The number of rotatable bonds is 7. The number of hydrogen-bond acceptors (Lipinski definition) is 8. The Morgan fingerprint density at radius 1 is 1.31 bits per heavy atom. The lowest BCUT2D eigenvalue weighted by Gasteiger charge is -2.23. The normalized spacial score (nSPS) is 16.6. The number of carbonyl (C=O) groups excluding carboxylic acids is 2. The zero-order valence-electron chi connectivity index (χ0n) is 20.1. The summed E-state index contributed by atoms with van der Waals surface area (Å²) in [6.07, 6.45) is 3.35. The molecule has 2 amide bonds. The first-order valence-corrected chi connectivity index (χ1v) is 13.1. The van der Waals surface area contributed by atoms with Gasteiger partial charge in [0.05, 0.1) is 33.7 Å². The van der Waals surface area contributed by atoms with E-state index in [4.69, 9.17) is 16.3 Å². The van der Waals surface area contributed by atoms with Gasteiger partial charge in [-0.1, -0.05) is 23.7 Å². The van der Waals surface area contributed by atoms with Gasteiger partial charge in [0.15, 0.2) is 0 Å². The fourth-order valence-corrected chi connectivity index (χ4v) is 5.32. The van der Waals surface area contributed by atoms with E-state index in [2.05, 4.69) is 25.6 Å². The molecule has 36 heavy (non-hydrogen) atoms. The van der Waals surface area contributed by atoms with Crippen LogP contribution in [0.3, 0.4) is 0 Å². The second kappa shape index (κ2) is 10.5. The summed E-state index contributed by atoms with van der Waals surface area (Å²) >= 11 is 7.97. The van der Waals surface area contributed by atoms with Crippen LogP contribution in [0.25, 0.3) is 11.3 Å². The standard InChI is InChI=1S/C25H27ClN6O3S/c1-14(21-13-36-15(2)29-21)28-22(33)12-32-11-17-4-3-16(9-19(17)24(32)34)23-20(26)10-27-25(31-23)30-18-5-7-35-8-6-18/h3-4,9-10,13-14,18H,5-8,11-12H2,1-2H3,(H,28,33)(H,27,30,31). The van der Waals surface area contributed by atoms with Gasteiger partial charge in [0.1, 0.15) is 6.54 Å². The number of ether oxygens (including phenoxy) is 1. The highest BCUT2D eigenvalue weighted by molar-refractivity contribution is 7.09. The third kappa shape index (κ3) is 5.35. The SMILES string of the molecule is Cc1nc(C(C)NC(=O)CN2Cc3ccc(-c4nc(NC5CCOCC5)ncc4Cl)cc3C2=O)cs1. The van der Waals surface area contributed by atoms with E-state index >= 15 is 0 Å². The minimum atomic E-state index is -0.225. The highest BCUT2D eigenvalue weighted by atomic mass is 35.5. The number of hydrogen-bond donors (Lipinski definition) is 2. The fourth-order valence-electron chi connectivity index (χ4n) is 4.41. The Morgan fingerprint density at radius 3 is 2.86 bits per heavy atom. The summed E-state index contributed by atoms with van der Waals surface area (Å²) in [5.74, 6) is 0.0814. The molecular formula is C25H27ClN6O3S. The number of amides is 2. The second-order valence-corrected chi connectivity index (χ2v) is 10.5. The van der Waals surface area contributed by atoms with Crippen LogP contribution in [0.15, 0.2) is 29.8 Å². The van der Waals surface area contributed by atoms with Crippen LogP contribution in [0, 0.1) is 6.92 Å². The van der Waals surface area contributed by atoms with E-state index in [0.717, 1.165) is 34.7 Å². The maximum atomic E-state index is 13.1. The molecule has 1 unspecified atom stereocenters. The molecule has 1 saturated heterocycles. The van der Waals surface area contributed by atoms with E-state index in [1.165, 1.54) is 0 Å². The van der Waals surface area contributed by atoms with Gasteiger partial charge in [0.25, 0.3) is 5.91 Å². The van der Waals surface area contributed by atoms with Crippen molar-refractivity contribution in [1.29, 1.82) is 0 Å². The fraction of sp³-hybridized carbons (Fsp3) is 0.400. The van der Waals surface area contributed by atoms with Crippen LogP contribution in [0.2, 0.25) is 5.02 Å². The molecule has 1 aromatic carbocycles. The van der Waals surface area contributed by atoms with Gasteiger partial charge >= 0.3 is 0 Å². The van der Waals surface area contributed by atoms with Gasteiger partial charge in [-0.05, 0) is 38.3 Å². The van der Waals surface area contributed by atoms with Gasteiger partial charge in [0, 0.05) is 42.3 Å². The number of fused-ring (bicyclic) bond motifs is 1. The summed E-state index contributed by atoms with van der Waals surface area (Å²) in [5.41, 5.74) is 3.52. The first kappa shape index (κ1) is 24.6. The van der Waals surface area contributed by atoms with Crippen molar-refractivity contribution in [1.82, 2.24) is 25.2 Å². The predicted molar refractivity (Wildman–Crippen MR) is 138 cm³/mol. The van der Waals surface area contributed by atoms with Crippen molar-refractivity contribution in [3.63, 3.8) is 0 Å². The van der Waals surface area contributed by atoms with E-state index < -0.39 is 0 Å². The van der Waals surface area contributed by atoms with Crippen molar-refractivity contribution in [2.24, 2.45) is 0 Å². The molecule has 4 heterocycles. The highest BCUT2D eigenvalue weighted by Crippen LogP contribution is 2.31. The second-order valence-electron chi connectivity index (χ2n) is 9.03. The topological polar surface area (TPSA) is 109 Å². The van der Waals surface area contributed by atoms with E-state index in [1.807, 2.05) is 31.4 Å². The Kier molecular flexibility index (Phi) is 7.17. The number of benzene rings is 1. The molecule has 0 aliphatic carbocycles. The molecule has 2 aliphatic rings. The highest BCUT2D eigenvalue weighted by Gasteiger charge is 2.30. The van der Waals surface area contributed by atoms with Crippen molar-refractivity contribution < 1.29 is 14.3 Å². The average Bonchev–Trinajstić information content (AvgIpc) is 3.44. The van der Waals surface area contributed by atoms with E-state index in [-0.39, 0.29) is 30.4 Å². The van der Waals surface area contributed by atoms with Crippen LogP contribution in [-0.2, 0) is 16.1 Å². The van der Waals surface area contributed by atoms with Crippen LogP contribution in [0.4, 0.5) is 5.95 Å².